The molecule has 2 aliphatic rings. The lowest BCUT2D eigenvalue weighted by Gasteiger charge is -2.48. The number of benzene rings is 3. The third-order valence-corrected chi connectivity index (χ3v) is 7.64. The molecule has 4 heteroatoms. The standard InChI is InChI=1S/C30H36N2O2/c1-23-6-10-26(11-7-23)32-19-16-24-22-27(33)12-15-29(24)30(32,2)25-8-13-28(14-9-25)34-21-20-31-17-4-3-5-18-31/h6-15,22,33H,3-5,16-21H2,1-2H3. The van der Waals surface area contributed by atoms with E-state index >= 15 is 0 Å². The van der Waals surface area contributed by atoms with Gasteiger partial charge in [-0.05, 0) is 99.3 Å². The Balaban J connectivity index is 1.41. The number of anilines is 1. The van der Waals surface area contributed by atoms with Gasteiger partial charge >= 0.3 is 0 Å². The topological polar surface area (TPSA) is 35.9 Å². The quantitative estimate of drug-likeness (QED) is 0.502. The minimum Gasteiger partial charge on any atom is -0.508 e. The second kappa shape index (κ2) is 9.71. The van der Waals surface area contributed by atoms with E-state index in [1.54, 1.807) is 0 Å². The lowest BCUT2D eigenvalue weighted by molar-refractivity contribution is 0.183. The molecule has 1 N–H and O–H groups in total. The Labute approximate surface area is 203 Å². The van der Waals surface area contributed by atoms with Gasteiger partial charge < -0.3 is 14.7 Å². The molecule has 1 saturated heterocycles. The smallest absolute Gasteiger partial charge is 0.119 e. The van der Waals surface area contributed by atoms with E-state index in [9.17, 15) is 5.11 Å². The molecule has 3 aromatic rings. The summed E-state index contributed by atoms with van der Waals surface area (Å²) in [6, 6.07) is 23.3. The molecule has 178 valence electrons. The molecule has 1 atom stereocenters. The fourth-order valence-electron chi connectivity index (χ4n) is 5.64. The second-order valence-electron chi connectivity index (χ2n) is 9.93. The highest BCUT2D eigenvalue weighted by Gasteiger charge is 2.40. The van der Waals surface area contributed by atoms with Crippen LogP contribution in [-0.4, -0.2) is 42.8 Å². The van der Waals surface area contributed by atoms with Gasteiger partial charge in [-0.2, -0.15) is 0 Å². The van der Waals surface area contributed by atoms with Gasteiger partial charge in [-0.25, -0.2) is 0 Å². The zero-order chi connectivity index (χ0) is 23.5. The zero-order valence-electron chi connectivity index (χ0n) is 20.5. The molecule has 0 amide bonds. The van der Waals surface area contributed by atoms with E-state index in [2.05, 4.69) is 78.2 Å². The molecule has 0 aromatic heterocycles. The van der Waals surface area contributed by atoms with Crippen LogP contribution in [0.2, 0.25) is 0 Å². The maximum absolute atomic E-state index is 10.1. The van der Waals surface area contributed by atoms with Gasteiger partial charge in [0.15, 0.2) is 0 Å². The molecule has 2 heterocycles. The predicted molar refractivity (Wildman–Crippen MR) is 139 cm³/mol. The average molecular weight is 457 g/mol. The molecule has 1 fully saturated rings. The van der Waals surface area contributed by atoms with Crippen molar-refractivity contribution in [1.82, 2.24) is 4.90 Å². The van der Waals surface area contributed by atoms with Crippen molar-refractivity contribution in [2.75, 3.05) is 37.7 Å². The number of aryl methyl sites for hydroxylation is 1. The number of nitrogens with zero attached hydrogens (tertiary/aromatic N) is 2. The Morgan fingerprint density at radius 1 is 0.882 bits per heavy atom. The summed E-state index contributed by atoms with van der Waals surface area (Å²) in [5.74, 6) is 1.26. The minimum absolute atomic E-state index is 0.335. The fraction of sp³-hybridized carbons (Fsp3) is 0.400. The number of fused-ring (bicyclic) bond motifs is 1. The maximum Gasteiger partial charge on any atom is 0.119 e. The molecule has 0 aliphatic carbocycles. The Bertz CT molecular complexity index is 1100. The van der Waals surface area contributed by atoms with Crippen LogP contribution in [0.15, 0.2) is 66.7 Å². The normalized spacial score (nSPS) is 20.7. The molecule has 5 rings (SSSR count). The molecule has 4 nitrogen and oxygen atoms in total. The second-order valence-corrected chi connectivity index (χ2v) is 9.93. The van der Waals surface area contributed by atoms with E-state index in [4.69, 9.17) is 4.74 Å². The summed E-state index contributed by atoms with van der Waals surface area (Å²) in [5.41, 5.74) is 5.82. The Kier molecular flexibility index (Phi) is 6.51. The summed E-state index contributed by atoms with van der Waals surface area (Å²) in [6.07, 6.45) is 4.89. The van der Waals surface area contributed by atoms with Crippen LogP contribution in [0.3, 0.4) is 0 Å². The maximum atomic E-state index is 10.1. The van der Waals surface area contributed by atoms with Crippen LogP contribution >= 0.6 is 0 Å². The van der Waals surface area contributed by atoms with Crippen LogP contribution in [0.5, 0.6) is 11.5 Å². The van der Waals surface area contributed by atoms with Crippen molar-refractivity contribution in [3.05, 3.63) is 89.0 Å². The van der Waals surface area contributed by atoms with Crippen molar-refractivity contribution in [1.29, 1.82) is 0 Å². The number of aromatic hydroxyl groups is 1. The number of likely N-dealkylation sites (tertiary alicyclic amines) is 1. The van der Waals surface area contributed by atoms with Crippen LogP contribution < -0.4 is 9.64 Å². The van der Waals surface area contributed by atoms with Gasteiger partial charge in [-0.1, -0.05) is 42.3 Å². The predicted octanol–water partition coefficient (Wildman–Crippen LogP) is 5.89. The number of ether oxygens (including phenoxy) is 1. The van der Waals surface area contributed by atoms with E-state index in [0.29, 0.717) is 5.75 Å². The molecule has 0 radical (unpaired) electrons. The van der Waals surface area contributed by atoms with E-state index in [0.717, 1.165) is 31.9 Å². The first-order chi connectivity index (χ1) is 16.5. The molecule has 0 saturated carbocycles. The number of phenolic OH excluding ortho intramolecular Hbond substituents is 1. The van der Waals surface area contributed by atoms with Crippen molar-refractivity contribution >= 4 is 5.69 Å². The first-order valence-electron chi connectivity index (χ1n) is 12.7. The highest BCUT2D eigenvalue weighted by Crippen LogP contribution is 2.44. The van der Waals surface area contributed by atoms with Gasteiger partial charge in [0.05, 0.1) is 5.54 Å². The van der Waals surface area contributed by atoms with Gasteiger partial charge in [0.25, 0.3) is 0 Å². The van der Waals surface area contributed by atoms with Crippen molar-refractivity contribution < 1.29 is 9.84 Å². The first kappa shape index (κ1) is 22.8. The fourth-order valence-corrected chi connectivity index (χ4v) is 5.64. The number of hydrogen-bond acceptors (Lipinski definition) is 4. The third-order valence-electron chi connectivity index (χ3n) is 7.64. The number of rotatable bonds is 6. The monoisotopic (exact) mass is 456 g/mol. The van der Waals surface area contributed by atoms with Gasteiger partial charge in [-0.15, -0.1) is 0 Å². The summed E-state index contributed by atoms with van der Waals surface area (Å²) in [7, 11) is 0. The zero-order valence-corrected chi connectivity index (χ0v) is 20.5. The number of hydrogen-bond donors (Lipinski definition) is 1. The van der Waals surface area contributed by atoms with E-state index in [-0.39, 0.29) is 5.54 Å². The molecule has 0 spiro atoms. The summed E-state index contributed by atoms with van der Waals surface area (Å²) in [6.45, 7) is 9.44. The average Bonchev–Trinajstić information content (AvgIpc) is 2.86. The van der Waals surface area contributed by atoms with Crippen LogP contribution in [-0.2, 0) is 12.0 Å². The Morgan fingerprint density at radius 2 is 1.62 bits per heavy atom. The Morgan fingerprint density at radius 3 is 2.35 bits per heavy atom. The SMILES string of the molecule is Cc1ccc(N2CCc3cc(O)ccc3C2(C)c2ccc(OCCN3CCCCC3)cc2)cc1. The Hall–Kier alpha value is -2.98. The van der Waals surface area contributed by atoms with Crippen LogP contribution in [0.25, 0.3) is 0 Å². The highest BCUT2D eigenvalue weighted by atomic mass is 16.5. The summed E-state index contributed by atoms with van der Waals surface area (Å²) in [4.78, 5) is 5.00. The van der Waals surface area contributed by atoms with Crippen LogP contribution in [0.4, 0.5) is 5.69 Å². The molecule has 34 heavy (non-hydrogen) atoms. The molecular weight excluding hydrogens is 420 g/mol. The van der Waals surface area contributed by atoms with Crippen molar-refractivity contribution in [2.24, 2.45) is 0 Å². The van der Waals surface area contributed by atoms with Gasteiger partial charge in [0.2, 0.25) is 0 Å². The largest absolute Gasteiger partial charge is 0.508 e. The molecule has 1 unspecified atom stereocenters. The van der Waals surface area contributed by atoms with E-state index in [1.165, 1.54) is 60.3 Å². The summed E-state index contributed by atoms with van der Waals surface area (Å²) < 4.78 is 6.11. The highest BCUT2D eigenvalue weighted by molar-refractivity contribution is 5.61. The first-order valence-corrected chi connectivity index (χ1v) is 12.7. The van der Waals surface area contributed by atoms with Gasteiger partial charge in [0.1, 0.15) is 18.1 Å². The molecular formula is C30H36N2O2. The molecule has 0 bridgehead atoms. The minimum atomic E-state index is -0.344. The van der Waals surface area contributed by atoms with Crippen molar-refractivity contribution in [3.8, 4) is 11.5 Å². The van der Waals surface area contributed by atoms with Crippen LogP contribution in [0, 0.1) is 6.92 Å². The molecule has 2 aliphatic heterocycles. The lowest BCUT2D eigenvalue weighted by Crippen LogP contribution is -2.49. The molecule has 3 aromatic carbocycles. The van der Waals surface area contributed by atoms with Crippen LogP contribution in [0.1, 0.15) is 48.4 Å². The number of piperidine rings is 1. The third kappa shape index (κ3) is 4.52. The van der Waals surface area contributed by atoms with E-state index < -0.39 is 0 Å². The lowest BCUT2D eigenvalue weighted by atomic mass is 9.76. The summed E-state index contributed by atoms with van der Waals surface area (Å²) in [5, 5.41) is 10.1. The number of phenols is 1. The van der Waals surface area contributed by atoms with E-state index in [1.807, 2.05) is 12.1 Å². The van der Waals surface area contributed by atoms with Gasteiger partial charge in [-0.3, -0.25) is 4.90 Å². The van der Waals surface area contributed by atoms with Crippen molar-refractivity contribution in [3.63, 3.8) is 0 Å². The summed E-state index contributed by atoms with van der Waals surface area (Å²) >= 11 is 0. The van der Waals surface area contributed by atoms with Crippen molar-refractivity contribution in [2.45, 2.75) is 45.1 Å². The van der Waals surface area contributed by atoms with Gasteiger partial charge in [0, 0.05) is 18.8 Å².